The Morgan fingerprint density at radius 3 is 3.12 bits per heavy atom. The lowest BCUT2D eigenvalue weighted by molar-refractivity contribution is -0.144. The molecule has 1 aliphatic heterocycles. The Labute approximate surface area is 104 Å². The molecule has 0 radical (unpaired) electrons. The smallest absolute Gasteiger partial charge is 0.331 e. The normalized spacial score (nSPS) is 19.1. The molecule has 0 aromatic carbocycles. The minimum absolute atomic E-state index is 0.336. The Bertz CT molecular complexity index is 436. The van der Waals surface area contributed by atoms with Crippen molar-refractivity contribution >= 4 is 28.6 Å². The molecule has 1 unspecified atom stereocenters. The molecule has 2 heterocycles. The van der Waals surface area contributed by atoms with Gasteiger partial charge in [-0.1, -0.05) is 17.7 Å². The van der Waals surface area contributed by atoms with Gasteiger partial charge in [0.2, 0.25) is 0 Å². The minimum Gasteiger partial charge on any atom is -0.464 e. The topological polar surface area (TPSA) is 54.8 Å². The van der Waals surface area contributed by atoms with Gasteiger partial charge in [-0.3, -0.25) is 0 Å². The summed E-state index contributed by atoms with van der Waals surface area (Å²) in [6.07, 6.45) is 2.00. The first-order chi connectivity index (χ1) is 8.22. The van der Waals surface area contributed by atoms with Gasteiger partial charge in [0, 0.05) is 12.6 Å². The van der Waals surface area contributed by atoms with E-state index in [0.717, 1.165) is 0 Å². The van der Waals surface area contributed by atoms with Crippen LogP contribution < -0.4 is 5.01 Å². The first-order valence-electron chi connectivity index (χ1n) is 5.32. The molecule has 0 saturated heterocycles. The molecule has 90 valence electrons. The Hall–Kier alpha value is -1.62. The molecule has 0 amide bonds. The fourth-order valence-electron chi connectivity index (χ4n) is 1.60. The molecule has 1 aromatic rings. The molecule has 0 fully saturated rings. The summed E-state index contributed by atoms with van der Waals surface area (Å²) in [5.41, 5.74) is 0. The molecule has 6 heteroatoms. The van der Waals surface area contributed by atoms with Gasteiger partial charge in [0.25, 0.3) is 0 Å². The Kier molecular flexibility index (Phi) is 3.58. The number of hydrazone groups is 1. The third kappa shape index (κ3) is 2.55. The van der Waals surface area contributed by atoms with Gasteiger partial charge >= 0.3 is 5.97 Å². The van der Waals surface area contributed by atoms with Crippen molar-refractivity contribution in [3.63, 3.8) is 0 Å². The first-order valence-corrected chi connectivity index (χ1v) is 5.70. The van der Waals surface area contributed by atoms with E-state index in [2.05, 4.69) is 10.1 Å². The number of anilines is 1. The van der Waals surface area contributed by atoms with Crippen LogP contribution in [0, 0.1) is 0 Å². The standard InChI is InChI=1S/C11H12ClN3O2/c1-2-17-11(16)8-7-9(12)14-15(8)10-5-3-4-6-13-10/h3-6,8H,2,7H2,1H3. The van der Waals surface area contributed by atoms with Gasteiger partial charge in [-0.2, -0.15) is 5.10 Å². The molecule has 0 bridgehead atoms. The molecule has 0 saturated carbocycles. The van der Waals surface area contributed by atoms with E-state index in [4.69, 9.17) is 16.3 Å². The van der Waals surface area contributed by atoms with Gasteiger partial charge in [-0.25, -0.2) is 14.8 Å². The van der Waals surface area contributed by atoms with Crippen LogP contribution in [-0.4, -0.2) is 28.8 Å². The minimum atomic E-state index is -0.516. The molecule has 0 aliphatic carbocycles. The van der Waals surface area contributed by atoms with Crippen molar-refractivity contribution in [2.24, 2.45) is 5.10 Å². The third-order valence-electron chi connectivity index (χ3n) is 2.32. The maximum atomic E-state index is 11.8. The van der Waals surface area contributed by atoms with Crippen LogP contribution in [0.5, 0.6) is 0 Å². The molecule has 17 heavy (non-hydrogen) atoms. The van der Waals surface area contributed by atoms with Gasteiger partial charge in [0.1, 0.15) is 11.0 Å². The Morgan fingerprint density at radius 2 is 2.47 bits per heavy atom. The van der Waals surface area contributed by atoms with Crippen molar-refractivity contribution in [1.82, 2.24) is 4.98 Å². The predicted octanol–water partition coefficient (Wildman–Crippen LogP) is 1.78. The van der Waals surface area contributed by atoms with Gasteiger partial charge in [0.15, 0.2) is 6.04 Å². The van der Waals surface area contributed by atoms with Gasteiger partial charge < -0.3 is 4.74 Å². The van der Waals surface area contributed by atoms with E-state index in [1.807, 2.05) is 6.07 Å². The number of carbonyl (C=O) groups excluding carboxylic acids is 1. The molecule has 1 atom stereocenters. The molecule has 0 N–H and O–H groups in total. The highest BCUT2D eigenvalue weighted by molar-refractivity contribution is 6.66. The van der Waals surface area contributed by atoms with Crippen LogP contribution in [0.15, 0.2) is 29.5 Å². The fourth-order valence-corrected chi connectivity index (χ4v) is 1.82. The van der Waals surface area contributed by atoms with Crippen LogP contribution in [0.2, 0.25) is 0 Å². The quantitative estimate of drug-likeness (QED) is 0.771. The van der Waals surface area contributed by atoms with E-state index in [-0.39, 0.29) is 5.97 Å². The van der Waals surface area contributed by atoms with E-state index in [0.29, 0.717) is 24.0 Å². The van der Waals surface area contributed by atoms with Gasteiger partial charge in [-0.15, -0.1) is 0 Å². The maximum absolute atomic E-state index is 11.8. The van der Waals surface area contributed by atoms with Crippen molar-refractivity contribution in [2.75, 3.05) is 11.6 Å². The van der Waals surface area contributed by atoms with Crippen LogP contribution in [0.1, 0.15) is 13.3 Å². The van der Waals surface area contributed by atoms with Crippen LogP contribution in [0.4, 0.5) is 5.82 Å². The molecule has 0 spiro atoms. The van der Waals surface area contributed by atoms with Crippen LogP contribution >= 0.6 is 11.6 Å². The Balaban J connectivity index is 2.21. The SMILES string of the molecule is CCOC(=O)C1CC(Cl)=NN1c1ccccn1. The average molecular weight is 254 g/mol. The number of hydrogen-bond donors (Lipinski definition) is 0. The lowest BCUT2D eigenvalue weighted by atomic mass is 10.2. The summed E-state index contributed by atoms with van der Waals surface area (Å²) in [5.74, 6) is 0.249. The zero-order chi connectivity index (χ0) is 12.3. The lowest BCUT2D eigenvalue weighted by Gasteiger charge is -2.20. The van der Waals surface area contributed by atoms with Crippen LogP contribution in [0.3, 0.4) is 0 Å². The van der Waals surface area contributed by atoms with Crippen molar-refractivity contribution in [2.45, 2.75) is 19.4 Å². The summed E-state index contributed by atoms with van der Waals surface area (Å²) < 4.78 is 4.99. The number of hydrogen-bond acceptors (Lipinski definition) is 5. The number of rotatable bonds is 3. The first kappa shape index (κ1) is 11.9. The number of nitrogens with zero attached hydrogens (tertiary/aromatic N) is 3. The maximum Gasteiger partial charge on any atom is 0.331 e. The van der Waals surface area contributed by atoms with Crippen molar-refractivity contribution in [3.8, 4) is 0 Å². The number of pyridine rings is 1. The number of ether oxygens (including phenoxy) is 1. The highest BCUT2D eigenvalue weighted by Crippen LogP contribution is 2.24. The summed E-state index contributed by atoms with van der Waals surface area (Å²) in [6.45, 7) is 2.10. The highest BCUT2D eigenvalue weighted by atomic mass is 35.5. The Morgan fingerprint density at radius 1 is 1.65 bits per heavy atom. The lowest BCUT2D eigenvalue weighted by Crippen LogP contribution is -2.36. The second-order valence-electron chi connectivity index (χ2n) is 3.48. The van der Waals surface area contributed by atoms with E-state index in [9.17, 15) is 4.79 Å². The van der Waals surface area contributed by atoms with Gasteiger partial charge in [-0.05, 0) is 19.1 Å². The van der Waals surface area contributed by atoms with Crippen molar-refractivity contribution in [1.29, 1.82) is 0 Å². The predicted molar refractivity (Wildman–Crippen MR) is 65.0 cm³/mol. The summed E-state index contributed by atoms with van der Waals surface area (Å²) in [5, 5.41) is 5.98. The van der Waals surface area contributed by atoms with Crippen molar-refractivity contribution < 1.29 is 9.53 Å². The fraction of sp³-hybridized carbons (Fsp3) is 0.364. The number of esters is 1. The zero-order valence-electron chi connectivity index (χ0n) is 9.34. The second kappa shape index (κ2) is 5.14. The zero-order valence-corrected chi connectivity index (χ0v) is 10.1. The third-order valence-corrected chi connectivity index (χ3v) is 2.55. The highest BCUT2D eigenvalue weighted by Gasteiger charge is 2.34. The second-order valence-corrected chi connectivity index (χ2v) is 3.92. The molecular weight excluding hydrogens is 242 g/mol. The van der Waals surface area contributed by atoms with E-state index < -0.39 is 6.04 Å². The molecule has 5 nitrogen and oxygen atoms in total. The molecule has 1 aliphatic rings. The van der Waals surface area contributed by atoms with E-state index in [1.54, 1.807) is 25.3 Å². The monoisotopic (exact) mass is 253 g/mol. The number of halogens is 1. The molecule has 1 aromatic heterocycles. The van der Waals surface area contributed by atoms with Crippen LogP contribution in [0.25, 0.3) is 0 Å². The van der Waals surface area contributed by atoms with E-state index in [1.165, 1.54) is 5.01 Å². The van der Waals surface area contributed by atoms with Crippen LogP contribution in [-0.2, 0) is 9.53 Å². The average Bonchev–Trinajstić information content (AvgIpc) is 2.73. The largest absolute Gasteiger partial charge is 0.464 e. The number of aromatic nitrogens is 1. The van der Waals surface area contributed by atoms with E-state index >= 15 is 0 Å². The summed E-state index contributed by atoms with van der Waals surface area (Å²) in [6, 6.07) is 4.87. The van der Waals surface area contributed by atoms with Gasteiger partial charge in [0.05, 0.1) is 6.61 Å². The summed E-state index contributed by atoms with van der Waals surface area (Å²) in [4.78, 5) is 15.9. The summed E-state index contributed by atoms with van der Waals surface area (Å²) in [7, 11) is 0. The number of carbonyl (C=O) groups is 1. The summed E-state index contributed by atoms with van der Waals surface area (Å²) >= 11 is 5.87. The molecular formula is C11H12ClN3O2. The molecule has 2 rings (SSSR count). The van der Waals surface area contributed by atoms with Crippen molar-refractivity contribution in [3.05, 3.63) is 24.4 Å².